The molecule has 4 nitrogen and oxygen atoms in total. The summed E-state index contributed by atoms with van der Waals surface area (Å²) in [5, 5.41) is 10.4. The number of hydrogen-bond acceptors (Lipinski definition) is 4. The van der Waals surface area contributed by atoms with Gasteiger partial charge in [0.05, 0.1) is 5.69 Å². The summed E-state index contributed by atoms with van der Waals surface area (Å²) in [5.41, 5.74) is 0.953. The number of aromatic nitrogens is 1. The fraction of sp³-hybridized carbons (Fsp3) is 0.700. The third-order valence-corrected chi connectivity index (χ3v) is 1.83. The topological polar surface area (TPSA) is 50.1 Å². The summed E-state index contributed by atoms with van der Waals surface area (Å²) in [6.45, 7) is 8.22. The molecule has 1 aromatic heterocycles. The van der Waals surface area contributed by atoms with Crippen LogP contribution in [0.4, 0.5) is 0 Å². The maximum absolute atomic E-state index is 4.72. The van der Waals surface area contributed by atoms with E-state index < -0.39 is 0 Å². The molecule has 1 aromatic rings. The first kappa shape index (κ1) is 11.2. The Morgan fingerprint density at radius 2 is 2.14 bits per heavy atom. The standard InChI is InChI=1S/C10H19N3O/c1-9(2)7-11-4-5-12-8-10-3-6-14-13-10/h3,6,9,11-12H,4-5,7-8H2,1-2H3. The molecule has 80 valence electrons. The maximum atomic E-state index is 4.72. The molecule has 0 saturated heterocycles. The second-order valence-electron chi connectivity index (χ2n) is 3.77. The van der Waals surface area contributed by atoms with E-state index in [4.69, 9.17) is 4.52 Å². The highest BCUT2D eigenvalue weighted by molar-refractivity contribution is 4.93. The second-order valence-corrected chi connectivity index (χ2v) is 3.77. The molecule has 0 aliphatic heterocycles. The summed E-state index contributed by atoms with van der Waals surface area (Å²) in [6.07, 6.45) is 1.59. The number of hydrogen-bond donors (Lipinski definition) is 2. The molecular weight excluding hydrogens is 178 g/mol. The molecule has 0 atom stereocenters. The van der Waals surface area contributed by atoms with Gasteiger partial charge in [0, 0.05) is 25.7 Å². The Hall–Kier alpha value is -0.870. The number of nitrogens with zero attached hydrogens (tertiary/aromatic N) is 1. The molecular formula is C10H19N3O. The van der Waals surface area contributed by atoms with Gasteiger partial charge in [-0.3, -0.25) is 0 Å². The Bertz CT molecular complexity index is 221. The van der Waals surface area contributed by atoms with Gasteiger partial charge in [0.2, 0.25) is 0 Å². The van der Waals surface area contributed by atoms with Gasteiger partial charge < -0.3 is 15.2 Å². The third kappa shape index (κ3) is 4.99. The first-order chi connectivity index (χ1) is 6.79. The van der Waals surface area contributed by atoms with Crippen LogP contribution in [0.1, 0.15) is 19.5 Å². The second kappa shape index (κ2) is 6.56. The van der Waals surface area contributed by atoms with Crippen molar-refractivity contribution >= 4 is 0 Å². The quantitative estimate of drug-likeness (QED) is 0.640. The van der Waals surface area contributed by atoms with Gasteiger partial charge in [0.15, 0.2) is 0 Å². The molecule has 2 N–H and O–H groups in total. The summed E-state index contributed by atoms with van der Waals surface area (Å²) in [7, 11) is 0. The van der Waals surface area contributed by atoms with Crippen LogP contribution in [0.3, 0.4) is 0 Å². The van der Waals surface area contributed by atoms with Crippen molar-refractivity contribution in [2.24, 2.45) is 5.92 Å². The monoisotopic (exact) mass is 197 g/mol. The van der Waals surface area contributed by atoms with Crippen LogP contribution in [-0.2, 0) is 6.54 Å². The summed E-state index contributed by atoms with van der Waals surface area (Å²) in [5.74, 6) is 0.713. The summed E-state index contributed by atoms with van der Waals surface area (Å²) in [4.78, 5) is 0. The van der Waals surface area contributed by atoms with Gasteiger partial charge in [-0.2, -0.15) is 0 Å². The minimum atomic E-state index is 0.713. The van der Waals surface area contributed by atoms with E-state index in [2.05, 4.69) is 29.6 Å². The molecule has 0 unspecified atom stereocenters. The van der Waals surface area contributed by atoms with Crippen molar-refractivity contribution in [1.82, 2.24) is 15.8 Å². The van der Waals surface area contributed by atoms with E-state index >= 15 is 0 Å². The fourth-order valence-electron chi connectivity index (χ4n) is 1.11. The van der Waals surface area contributed by atoms with Crippen molar-refractivity contribution in [3.63, 3.8) is 0 Å². The molecule has 1 heterocycles. The van der Waals surface area contributed by atoms with Crippen molar-refractivity contribution in [3.8, 4) is 0 Å². The van der Waals surface area contributed by atoms with Gasteiger partial charge in [0.1, 0.15) is 6.26 Å². The average Bonchev–Trinajstić information content (AvgIpc) is 2.63. The summed E-state index contributed by atoms with van der Waals surface area (Å²) < 4.78 is 4.72. The fourth-order valence-corrected chi connectivity index (χ4v) is 1.11. The maximum Gasteiger partial charge on any atom is 0.124 e. The molecule has 0 aromatic carbocycles. The lowest BCUT2D eigenvalue weighted by Gasteiger charge is -2.07. The minimum absolute atomic E-state index is 0.713. The smallest absolute Gasteiger partial charge is 0.124 e. The molecule has 0 spiro atoms. The Kier molecular flexibility index (Phi) is 5.25. The molecule has 4 heteroatoms. The van der Waals surface area contributed by atoms with Gasteiger partial charge in [-0.15, -0.1) is 0 Å². The van der Waals surface area contributed by atoms with Gasteiger partial charge in [-0.05, 0) is 12.5 Å². The highest BCUT2D eigenvalue weighted by Crippen LogP contribution is 1.91. The molecule has 0 bridgehead atoms. The van der Waals surface area contributed by atoms with Crippen LogP contribution in [0.2, 0.25) is 0 Å². The largest absolute Gasteiger partial charge is 0.364 e. The summed E-state index contributed by atoms with van der Waals surface area (Å²) >= 11 is 0. The average molecular weight is 197 g/mol. The van der Waals surface area contributed by atoms with Gasteiger partial charge in [0.25, 0.3) is 0 Å². The van der Waals surface area contributed by atoms with Crippen molar-refractivity contribution in [2.75, 3.05) is 19.6 Å². The van der Waals surface area contributed by atoms with Crippen molar-refractivity contribution in [1.29, 1.82) is 0 Å². The van der Waals surface area contributed by atoms with Gasteiger partial charge in [-0.1, -0.05) is 19.0 Å². The Labute approximate surface area is 85.1 Å². The van der Waals surface area contributed by atoms with Crippen LogP contribution in [0, 0.1) is 5.92 Å². The van der Waals surface area contributed by atoms with E-state index in [9.17, 15) is 0 Å². The minimum Gasteiger partial charge on any atom is -0.364 e. The van der Waals surface area contributed by atoms with Crippen molar-refractivity contribution < 1.29 is 4.52 Å². The zero-order valence-corrected chi connectivity index (χ0v) is 8.92. The summed E-state index contributed by atoms with van der Waals surface area (Å²) in [6, 6.07) is 1.87. The highest BCUT2D eigenvalue weighted by Gasteiger charge is 1.95. The zero-order valence-electron chi connectivity index (χ0n) is 8.92. The Balaban J connectivity index is 1.90. The van der Waals surface area contributed by atoms with E-state index in [1.54, 1.807) is 6.26 Å². The van der Waals surface area contributed by atoms with Crippen LogP contribution in [0.5, 0.6) is 0 Å². The highest BCUT2D eigenvalue weighted by atomic mass is 16.5. The van der Waals surface area contributed by atoms with E-state index in [0.717, 1.165) is 31.9 Å². The molecule has 1 rings (SSSR count). The first-order valence-corrected chi connectivity index (χ1v) is 5.09. The number of rotatable bonds is 7. The Morgan fingerprint density at radius 1 is 1.36 bits per heavy atom. The predicted molar refractivity (Wildman–Crippen MR) is 55.9 cm³/mol. The molecule has 14 heavy (non-hydrogen) atoms. The normalized spacial score (nSPS) is 11.1. The molecule has 0 aliphatic carbocycles. The van der Waals surface area contributed by atoms with E-state index in [1.165, 1.54) is 0 Å². The molecule has 0 saturated carbocycles. The lowest BCUT2D eigenvalue weighted by Crippen LogP contribution is -2.29. The van der Waals surface area contributed by atoms with E-state index in [0.29, 0.717) is 5.92 Å². The molecule has 0 aliphatic rings. The first-order valence-electron chi connectivity index (χ1n) is 5.09. The molecule has 0 amide bonds. The lowest BCUT2D eigenvalue weighted by molar-refractivity contribution is 0.408. The number of nitrogens with one attached hydrogen (secondary N) is 2. The van der Waals surface area contributed by atoms with Crippen molar-refractivity contribution in [2.45, 2.75) is 20.4 Å². The predicted octanol–water partition coefficient (Wildman–Crippen LogP) is 1.01. The Morgan fingerprint density at radius 3 is 2.79 bits per heavy atom. The lowest BCUT2D eigenvalue weighted by atomic mass is 10.2. The van der Waals surface area contributed by atoms with E-state index in [-0.39, 0.29) is 0 Å². The third-order valence-electron chi connectivity index (χ3n) is 1.83. The van der Waals surface area contributed by atoms with Crippen LogP contribution >= 0.6 is 0 Å². The zero-order chi connectivity index (χ0) is 10.2. The van der Waals surface area contributed by atoms with Crippen LogP contribution in [0.15, 0.2) is 16.9 Å². The van der Waals surface area contributed by atoms with E-state index in [1.807, 2.05) is 6.07 Å². The SMILES string of the molecule is CC(C)CNCCNCc1ccon1. The molecule has 0 radical (unpaired) electrons. The van der Waals surface area contributed by atoms with Crippen molar-refractivity contribution in [3.05, 3.63) is 18.0 Å². The van der Waals surface area contributed by atoms with Gasteiger partial charge in [-0.25, -0.2) is 0 Å². The van der Waals surface area contributed by atoms with Gasteiger partial charge >= 0.3 is 0 Å². The van der Waals surface area contributed by atoms with Crippen LogP contribution < -0.4 is 10.6 Å². The van der Waals surface area contributed by atoms with Crippen LogP contribution in [0.25, 0.3) is 0 Å². The van der Waals surface area contributed by atoms with Crippen LogP contribution in [-0.4, -0.2) is 24.8 Å². The molecule has 0 fully saturated rings.